The fraction of sp³-hybridized carbons (Fsp3) is 0.316. The molecule has 0 aliphatic rings. The first-order valence-electron chi connectivity index (χ1n) is 8.56. The van der Waals surface area contributed by atoms with Crippen LogP contribution in [0.4, 0.5) is 9.39 Å². The van der Waals surface area contributed by atoms with Crippen molar-refractivity contribution in [1.29, 1.82) is 0 Å². The van der Waals surface area contributed by atoms with E-state index in [1.807, 2.05) is 0 Å². The number of primary amides is 1. The van der Waals surface area contributed by atoms with E-state index in [1.54, 1.807) is 37.9 Å². The zero-order chi connectivity index (χ0) is 20.8. The van der Waals surface area contributed by atoms with Gasteiger partial charge in [0.15, 0.2) is 0 Å². The number of nitrogens with two attached hydrogens (primary N) is 1. The number of amides is 2. The molecule has 2 amide bonds. The van der Waals surface area contributed by atoms with Gasteiger partial charge in [-0.3, -0.25) is 14.5 Å². The van der Waals surface area contributed by atoms with Crippen molar-refractivity contribution in [2.45, 2.75) is 20.4 Å². The minimum Gasteiger partial charge on any atom is -0.462 e. The number of benzene rings is 1. The van der Waals surface area contributed by atoms with Gasteiger partial charge < -0.3 is 15.8 Å². The molecule has 7 nitrogen and oxygen atoms in total. The maximum Gasteiger partial charge on any atom is 0.341 e. The maximum atomic E-state index is 13.3. The molecule has 28 heavy (non-hydrogen) atoms. The summed E-state index contributed by atoms with van der Waals surface area (Å²) < 4.78 is 18.3. The molecule has 9 heteroatoms. The molecule has 1 aromatic carbocycles. The monoisotopic (exact) mass is 407 g/mol. The highest BCUT2D eigenvalue weighted by molar-refractivity contribution is 7.18. The first-order valence-corrected chi connectivity index (χ1v) is 9.37. The van der Waals surface area contributed by atoms with Gasteiger partial charge in [0.05, 0.1) is 23.6 Å². The SMILES string of the molecule is CCOC(=O)c1c(NC(=O)CN(C)Cc2cccc(F)c2)sc(C(N)=O)c1C. The molecule has 1 aromatic heterocycles. The van der Waals surface area contributed by atoms with Crippen LogP contribution in [0.2, 0.25) is 0 Å². The minimum atomic E-state index is -0.684. The molecule has 1 heterocycles. The van der Waals surface area contributed by atoms with Crippen LogP contribution < -0.4 is 11.1 Å². The van der Waals surface area contributed by atoms with Crippen molar-refractivity contribution in [1.82, 2.24) is 4.90 Å². The van der Waals surface area contributed by atoms with Crippen molar-refractivity contribution < 1.29 is 23.5 Å². The highest BCUT2D eigenvalue weighted by Crippen LogP contribution is 2.33. The maximum absolute atomic E-state index is 13.3. The Morgan fingerprint density at radius 3 is 2.64 bits per heavy atom. The summed E-state index contributed by atoms with van der Waals surface area (Å²) in [6, 6.07) is 6.11. The van der Waals surface area contributed by atoms with Crippen LogP contribution in [-0.4, -0.2) is 42.9 Å². The number of nitrogens with one attached hydrogen (secondary N) is 1. The van der Waals surface area contributed by atoms with E-state index >= 15 is 0 Å². The largest absolute Gasteiger partial charge is 0.462 e. The Labute approximate surface area is 166 Å². The summed E-state index contributed by atoms with van der Waals surface area (Å²) in [5.41, 5.74) is 6.58. The molecule has 0 bridgehead atoms. The lowest BCUT2D eigenvalue weighted by atomic mass is 10.1. The van der Waals surface area contributed by atoms with E-state index in [-0.39, 0.29) is 40.3 Å². The average molecular weight is 407 g/mol. The van der Waals surface area contributed by atoms with E-state index in [0.717, 1.165) is 16.9 Å². The van der Waals surface area contributed by atoms with Gasteiger partial charge in [0.1, 0.15) is 10.8 Å². The predicted molar refractivity (Wildman–Crippen MR) is 105 cm³/mol. The van der Waals surface area contributed by atoms with E-state index in [2.05, 4.69) is 5.32 Å². The lowest BCUT2D eigenvalue weighted by Gasteiger charge is -2.16. The van der Waals surface area contributed by atoms with E-state index in [0.29, 0.717) is 12.1 Å². The lowest BCUT2D eigenvalue weighted by Crippen LogP contribution is -2.30. The second-order valence-corrected chi connectivity index (χ2v) is 7.22. The second-order valence-electron chi connectivity index (χ2n) is 6.20. The summed E-state index contributed by atoms with van der Waals surface area (Å²) in [6.45, 7) is 3.76. The molecule has 2 aromatic rings. The van der Waals surface area contributed by atoms with Gasteiger partial charge in [-0.1, -0.05) is 12.1 Å². The molecular formula is C19H22FN3O4S. The Hall–Kier alpha value is -2.78. The number of hydrogen-bond donors (Lipinski definition) is 2. The number of carbonyl (C=O) groups is 3. The zero-order valence-corrected chi connectivity index (χ0v) is 16.7. The molecule has 150 valence electrons. The number of ether oxygens (including phenoxy) is 1. The number of rotatable bonds is 8. The Morgan fingerprint density at radius 2 is 2.04 bits per heavy atom. The van der Waals surface area contributed by atoms with Crippen LogP contribution in [0.3, 0.4) is 0 Å². The first-order chi connectivity index (χ1) is 13.2. The quantitative estimate of drug-likeness (QED) is 0.655. The molecule has 2 rings (SSSR count). The summed E-state index contributed by atoms with van der Waals surface area (Å²) in [4.78, 5) is 38.1. The van der Waals surface area contributed by atoms with Gasteiger partial charge in [-0.15, -0.1) is 11.3 Å². The Balaban J connectivity index is 2.13. The van der Waals surface area contributed by atoms with Crippen LogP contribution in [0.15, 0.2) is 24.3 Å². The molecule has 0 radical (unpaired) electrons. The predicted octanol–water partition coefficient (Wildman–Crippen LogP) is 2.54. The van der Waals surface area contributed by atoms with Crippen LogP contribution in [0.1, 0.15) is 38.1 Å². The van der Waals surface area contributed by atoms with Gasteiger partial charge in [-0.2, -0.15) is 0 Å². The number of likely N-dealkylation sites (N-methyl/N-ethyl adjacent to an activating group) is 1. The summed E-state index contributed by atoms with van der Waals surface area (Å²) in [7, 11) is 1.71. The zero-order valence-electron chi connectivity index (χ0n) is 15.9. The number of esters is 1. The molecule has 0 saturated carbocycles. The van der Waals surface area contributed by atoms with Crippen molar-refractivity contribution in [3.63, 3.8) is 0 Å². The molecule has 0 atom stereocenters. The van der Waals surface area contributed by atoms with E-state index < -0.39 is 11.9 Å². The topological polar surface area (TPSA) is 102 Å². The van der Waals surface area contributed by atoms with Crippen LogP contribution >= 0.6 is 11.3 Å². The van der Waals surface area contributed by atoms with Crippen LogP contribution in [0, 0.1) is 12.7 Å². The average Bonchev–Trinajstić information content (AvgIpc) is 2.91. The van der Waals surface area contributed by atoms with Crippen molar-refractivity contribution >= 4 is 34.1 Å². The Kier molecular flexibility index (Phi) is 7.24. The summed E-state index contributed by atoms with van der Waals surface area (Å²) in [5.74, 6) is -2.05. The number of nitrogens with zero attached hydrogens (tertiary/aromatic N) is 1. The van der Waals surface area contributed by atoms with Crippen molar-refractivity contribution in [2.75, 3.05) is 25.5 Å². The number of carbonyl (C=O) groups excluding carboxylic acids is 3. The normalized spacial score (nSPS) is 10.8. The minimum absolute atomic E-state index is 0.00162. The van der Waals surface area contributed by atoms with Crippen LogP contribution in [0.5, 0.6) is 0 Å². The standard InChI is InChI=1S/C19H22FN3O4S/c1-4-27-19(26)15-11(2)16(17(21)25)28-18(15)22-14(24)10-23(3)9-12-6-5-7-13(20)8-12/h5-8H,4,9-10H2,1-3H3,(H2,21,25)(H,22,24). The number of halogens is 1. The van der Waals surface area contributed by atoms with Gasteiger partial charge in [0, 0.05) is 6.54 Å². The third-order valence-corrected chi connectivity index (χ3v) is 5.08. The highest BCUT2D eigenvalue weighted by Gasteiger charge is 2.25. The van der Waals surface area contributed by atoms with Gasteiger partial charge in [-0.05, 0) is 44.2 Å². The Bertz CT molecular complexity index is 897. The highest BCUT2D eigenvalue weighted by atomic mass is 32.1. The molecule has 0 aliphatic carbocycles. The molecule has 3 N–H and O–H groups in total. The van der Waals surface area contributed by atoms with Crippen LogP contribution in [0.25, 0.3) is 0 Å². The summed E-state index contributed by atoms with van der Waals surface area (Å²) in [5, 5.41) is 2.87. The van der Waals surface area contributed by atoms with E-state index in [4.69, 9.17) is 10.5 Å². The van der Waals surface area contributed by atoms with Crippen molar-refractivity contribution in [3.8, 4) is 0 Å². The molecular weight excluding hydrogens is 385 g/mol. The fourth-order valence-corrected chi connectivity index (χ4v) is 3.76. The third kappa shape index (κ3) is 5.37. The number of anilines is 1. The lowest BCUT2D eigenvalue weighted by molar-refractivity contribution is -0.117. The first kappa shape index (κ1) is 21.5. The van der Waals surface area contributed by atoms with Crippen molar-refractivity contribution in [2.24, 2.45) is 5.73 Å². The third-order valence-electron chi connectivity index (χ3n) is 3.86. The molecule has 0 saturated heterocycles. The molecule has 0 fully saturated rings. The molecule has 0 aliphatic heterocycles. The smallest absolute Gasteiger partial charge is 0.341 e. The summed E-state index contributed by atoms with van der Waals surface area (Å²) in [6.07, 6.45) is 0. The van der Waals surface area contributed by atoms with E-state index in [9.17, 15) is 18.8 Å². The Morgan fingerprint density at radius 1 is 1.32 bits per heavy atom. The van der Waals surface area contributed by atoms with Crippen molar-refractivity contribution in [3.05, 3.63) is 51.7 Å². The van der Waals surface area contributed by atoms with E-state index in [1.165, 1.54) is 12.1 Å². The summed E-state index contributed by atoms with van der Waals surface area (Å²) >= 11 is 0.934. The fourth-order valence-electron chi connectivity index (χ4n) is 2.70. The number of thiophene rings is 1. The number of hydrogen-bond acceptors (Lipinski definition) is 6. The van der Waals surface area contributed by atoms with Gasteiger partial charge >= 0.3 is 5.97 Å². The second kappa shape index (κ2) is 9.43. The van der Waals surface area contributed by atoms with Gasteiger partial charge in [0.2, 0.25) is 5.91 Å². The van der Waals surface area contributed by atoms with Gasteiger partial charge in [0.25, 0.3) is 5.91 Å². The molecule has 0 spiro atoms. The van der Waals surface area contributed by atoms with Crippen LogP contribution in [-0.2, 0) is 16.1 Å². The molecule has 0 unspecified atom stereocenters. The van der Waals surface area contributed by atoms with Gasteiger partial charge in [-0.25, -0.2) is 9.18 Å².